The lowest BCUT2D eigenvalue weighted by Crippen LogP contribution is -2.47. The van der Waals surface area contributed by atoms with Crippen LogP contribution in [-0.4, -0.2) is 46.1 Å². The SMILES string of the molecule is Cc1nccc(N2CCN(c3ccnc(C4CC4)n3)CC2)n1. The molecule has 22 heavy (non-hydrogen) atoms. The van der Waals surface area contributed by atoms with Crippen LogP contribution in [0.3, 0.4) is 0 Å². The fourth-order valence-electron chi connectivity index (χ4n) is 2.86. The van der Waals surface area contributed by atoms with Crippen LogP contribution in [0.1, 0.15) is 30.4 Å². The van der Waals surface area contributed by atoms with Gasteiger partial charge in [0, 0.05) is 44.5 Å². The molecule has 0 unspecified atom stereocenters. The fourth-order valence-corrected chi connectivity index (χ4v) is 2.86. The molecule has 1 aliphatic carbocycles. The molecule has 2 aromatic heterocycles. The minimum absolute atomic E-state index is 0.602. The van der Waals surface area contributed by atoms with Gasteiger partial charge in [-0.25, -0.2) is 19.9 Å². The number of hydrogen-bond donors (Lipinski definition) is 0. The molecule has 114 valence electrons. The van der Waals surface area contributed by atoms with Crippen molar-refractivity contribution >= 4 is 11.6 Å². The van der Waals surface area contributed by atoms with E-state index in [9.17, 15) is 0 Å². The highest BCUT2D eigenvalue weighted by molar-refractivity contribution is 5.44. The van der Waals surface area contributed by atoms with E-state index in [1.165, 1.54) is 12.8 Å². The van der Waals surface area contributed by atoms with Gasteiger partial charge in [-0.15, -0.1) is 0 Å². The third-order valence-corrected chi connectivity index (χ3v) is 4.29. The van der Waals surface area contributed by atoms with Crippen molar-refractivity contribution in [2.45, 2.75) is 25.7 Å². The van der Waals surface area contributed by atoms with Crippen LogP contribution in [0.15, 0.2) is 24.5 Å². The van der Waals surface area contributed by atoms with E-state index in [2.05, 4.69) is 24.8 Å². The van der Waals surface area contributed by atoms with Gasteiger partial charge in [0.15, 0.2) is 0 Å². The van der Waals surface area contributed by atoms with Crippen LogP contribution in [0.5, 0.6) is 0 Å². The van der Waals surface area contributed by atoms with E-state index >= 15 is 0 Å². The quantitative estimate of drug-likeness (QED) is 0.860. The van der Waals surface area contributed by atoms with E-state index in [1.54, 1.807) is 0 Å². The van der Waals surface area contributed by atoms with Crippen molar-refractivity contribution in [1.29, 1.82) is 0 Å². The maximum Gasteiger partial charge on any atom is 0.133 e. The standard InChI is InChI=1S/C16H20N6/c1-12-17-6-4-14(19-12)21-8-10-22(11-9-21)15-5-7-18-16(20-15)13-2-3-13/h4-7,13H,2-3,8-11H2,1H3. The van der Waals surface area contributed by atoms with E-state index in [0.717, 1.165) is 49.5 Å². The molecule has 0 spiro atoms. The summed E-state index contributed by atoms with van der Waals surface area (Å²) < 4.78 is 0. The number of aryl methyl sites for hydroxylation is 1. The van der Waals surface area contributed by atoms with Crippen LogP contribution in [0, 0.1) is 6.92 Å². The highest BCUT2D eigenvalue weighted by Crippen LogP contribution is 2.38. The predicted molar refractivity (Wildman–Crippen MR) is 85.2 cm³/mol. The van der Waals surface area contributed by atoms with Crippen LogP contribution < -0.4 is 9.80 Å². The molecule has 0 bridgehead atoms. The van der Waals surface area contributed by atoms with Gasteiger partial charge >= 0.3 is 0 Å². The van der Waals surface area contributed by atoms with Crippen molar-refractivity contribution in [2.75, 3.05) is 36.0 Å². The molecular formula is C16H20N6. The summed E-state index contributed by atoms with van der Waals surface area (Å²) in [6, 6.07) is 4.01. The molecule has 1 saturated carbocycles. The second-order valence-electron chi connectivity index (χ2n) is 5.98. The van der Waals surface area contributed by atoms with E-state index in [4.69, 9.17) is 4.98 Å². The van der Waals surface area contributed by atoms with Gasteiger partial charge in [0.2, 0.25) is 0 Å². The minimum atomic E-state index is 0.602. The molecule has 6 nitrogen and oxygen atoms in total. The number of nitrogens with zero attached hydrogens (tertiary/aromatic N) is 6. The summed E-state index contributed by atoms with van der Waals surface area (Å²) in [4.78, 5) is 22.5. The van der Waals surface area contributed by atoms with Crippen molar-refractivity contribution in [3.63, 3.8) is 0 Å². The fraction of sp³-hybridized carbons (Fsp3) is 0.500. The summed E-state index contributed by atoms with van der Waals surface area (Å²) in [5.41, 5.74) is 0. The van der Waals surface area contributed by atoms with Crippen molar-refractivity contribution < 1.29 is 0 Å². The van der Waals surface area contributed by atoms with Crippen molar-refractivity contribution in [1.82, 2.24) is 19.9 Å². The molecule has 0 aromatic carbocycles. The average Bonchev–Trinajstić information content (AvgIpc) is 3.40. The Morgan fingerprint density at radius 2 is 1.45 bits per heavy atom. The lowest BCUT2D eigenvalue weighted by Gasteiger charge is -2.36. The van der Waals surface area contributed by atoms with E-state index in [0.29, 0.717) is 5.92 Å². The van der Waals surface area contributed by atoms with Crippen LogP contribution in [0.2, 0.25) is 0 Å². The molecule has 0 N–H and O–H groups in total. The number of hydrogen-bond acceptors (Lipinski definition) is 6. The molecule has 0 amide bonds. The summed E-state index contributed by atoms with van der Waals surface area (Å²) in [5, 5.41) is 0. The number of rotatable bonds is 3. The molecule has 4 rings (SSSR count). The Kier molecular flexibility index (Phi) is 3.36. The first-order chi connectivity index (χ1) is 10.8. The zero-order chi connectivity index (χ0) is 14.9. The number of aromatic nitrogens is 4. The highest BCUT2D eigenvalue weighted by Gasteiger charge is 2.27. The molecule has 0 atom stereocenters. The molecule has 1 saturated heterocycles. The smallest absolute Gasteiger partial charge is 0.133 e. The Bertz CT molecular complexity index is 661. The van der Waals surface area contributed by atoms with Crippen molar-refractivity contribution in [3.8, 4) is 0 Å². The van der Waals surface area contributed by atoms with Crippen LogP contribution in [-0.2, 0) is 0 Å². The van der Waals surface area contributed by atoms with Gasteiger partial charge in [-0.3, -0.25) is 0 Å². The average molecular weight is 296 g/mol. The normalized spacial score (nSPS) is 18.6. The molecule has 1 aliphatic heterocycles. The topological polar surface area (TPSA) is 58.0 Å². The zero-order valence-corrected chi connectivity index (χ0v) is 12.8. The van der Waals surface area contributed by atoms with Gasteiger partial charge < -0.3 is 9.80 Å². The van der Waals surface area contributed by atoms with Gasteiger partial charge in [0.05, 0.1) is 0 Å². The van der Waals surface area contributed by atoms with Gasteiger partial charge in [-0.05, 0) is 31.9 Å². The largest absolute Gasteiger partial charge is 0.353 e. The Morgan fingerprint density at radius 3 is 2.05 bits per heavy atom. The van der Waals surface area contributed by atoms with Gasteiger partial charge in [0.25, 0.3) is 0 Å². The Balaban J connectivity index is 1.44. The first-order valence-corrected chi connectivity index (χ1v) is 7.92. The third kappa shape index (κ3) is 2.73. The molecule has 3 heterocycles. The summed E-state index contributed by atoms with van der Waals surface area (Å²) >= 11 is 0. The summed E-state index contributed by atoms with van der Waals surface area (Å²) in [5.74, 6) is 4.53. The molecular weight excluding hydrogens is 276 g/mol. The van der Waals surface area contributed by atoms with Gasteiger partial charge in [-0.2, -0.15) is 0 Å². The zero-order valence-electron chi connectivity index (χ0n) is 12.8. The van der Waals surface area contributed by atoms with Crippen LogP contribution in [0.4, 0.5) is 11.6 Å². The lowest BCUT2D eigenvalue weighted by atomic mass is 10.3. The van der Waals surface area contributed by atoms with Crippen molar-refractivity contribution in [2.24, 2.45) is 0 Å². The molecule has 0 radical (unpaired) electrons. The Labute approximate surface area is 130 Å². The highest BCUT2D eigenvalue weighted by atomic mass is 15.3. The number of anilines is 2. The van der Waals surface area contributed by atoms with Gasteiger partial charge in [-0.1, -0.05) is 0 Å². The maximum absolute atomic E-state index is 4.74. The van der Waals surface area contributed by atoms with E-state index in [1.807, 2.05) is 31.5 Å². The first kappa shape index (κ1) is 13.4. The monoisotopic (exact) mass is 296 g/mol. The second-order valence-corrected chi connectivity index (χ2v) is 5.98. The summed E-state index contributed by atoms with van der Waals surface area (Å²) in [6.07, 6.45) is 6.21. The predicted octanol–water partition coefficient (Wildman–Crippen LogP) is 1.78. The minimum Gasteiger partial charge on any atom is -0.353 e. The number of piperazine rings is 1. The second kappa shape index (κ2) is 5.51. The Morgan fingerprint density at radius 1 is 0.864 bits per heavy atom. The third-order valence-electron chi connectivity index (χ3n) is 4.29. The lowest BCUT2D eigenvalue weighted by molar-refractivity contribution is 0.637. The first-order valence-electron chi connectivity index (χ1n) is 7.92. The summed E-state index contributed by atoms with van der Waals surface area (Å²) in [7, 11) is 0. The molecule has 2 aromatic rings. The molecule has 2 fully saturated rings. The van der Waals surface area contributed by atoms with Crippen LogP contribution >= 0.6 is 0 Å². The summed E-state index contributed by atoms with van der Waals surface area (Å²) in [6.45, 7) is 5.77. The molecule has 2 aliphatic rings. The van der Waals surface area contributed by atoms with E-state index < -0.39 is 0 Å². The molecule has 6 heteroatoms. The van der Waals surface area contributed by atoms with Crippen LogP contribution in [0.25, 0.3) is 0 Å². The van der Waals surface area contributed by atoms with E-state index in [-0.39, 0.29) is 0 Å². The van der Waals surface area contributed by atoms with Gasteiger partial charge in [0.1, 0.15) is 23.3 Å². The maximum atomic E-state index is 4.74. The Hall–Kier alpha value is -2.24. The van der Waals surface area contributed by atoms with Crippen molar-refractivity contribution in [3.05, 3.63) is 36.2 Å².